The highest BCUT2D eigenvalue weighted by Gasteiger charge is 2.61. The SMILES string of the molecule is CCSC1S[C@@H]2[C@@H](C(C)O)C(=O)N2C1C(=O)O. The van der Waals surface area contributed by atoms with Gasteiger partial charge in [-0.25, -0.2) is 4.79 Å². The molecule has 0 bridgehead atoms. The van der Waals surface area contributed by atoms with Crippen molar-refractivity contribution in [2.24, 2.45) is 5.92 Å². The average Bonchev–Trinajstić information content (AvgIpc) is 2.53. The Morgan fingerprint density at radius 3 is 2.76 bits per heavy atom. The molecule has 2 heterocycles. The smallest absolute Gasteiger partial charge is 0.328 e. The molecule has 2 N–H and O–H groups in total. The summed E-state index contributed by atoms with van der Waals surface area (Å²) in [6.07, 6.45) is -0.712. The van der Waals surface area contributed by atoms with Gasteiger partial charge in [0.25, 0.3) is 0 Å². The van der Waals surface area contributed by atoms with Gasteiger partial charge in [-0.1, -0.05) is 6.92 Å². The lowest BCUT2D eigenvalue weighted by Crippen LogP contribution is -2.64. The normalized spacial score (nSPS) is 37.6. The molecule has 0 saturated carbocycles. The van der Waals surface area contributed by atoms with Crippen LogP contribution in [0.15, 0.2) is 0 Å². The Labute approximate surface area is 108 Å². The van der Waals surface area contributed by atoms with Crippen molar-refractivity contribution in [3.63, 3.8) is 0 Å². The van der Waals surface area contributed by atoms with Crippen LogP contribution in [0.2, 0.25) is 0 Å². The zero-order valence-electron chi connectivity index (χ0n) is 9.57. The highest BCUT2D eigenvalue weighted by molar-refractivity contribution is 8.17. The van der Waals surface area contributed by atoms with Crippen molar-refractivity contribution in [2.75, 3.05) is 5.75 Å². The molecule has 0 aromatic rings. The fraction of sp³-hybridized carbons (Fsp3) is 0.800. The number of nitrogens with zero attached hydrogens (tertiary/aromatic N) is 1. The molecule has 5 atom stereocenters. The fourth-order valence-corrected chi connectivity index (χ4v) is 5.65. The van der Waals surface area contributed by atoms with Crippen molar-refractivity contribution in [3.8, 4) is 0 Å². The van der Waals surface area contributed by atoms with E-state index < -0.39 is 24.0 Å². The average molecular weight is 277 g/mol. The van der Waals surface area contributed by atoms with Crippen LogP contribution in [0.3, 0.4) is 0 Å². The molecule has 0 aromatic heterocycles. The molecule has 0 aliphatic carbocycles. The molecular formula is C10H15NO4S2. The van der Waals surface area contributed by atoms with E-state index in [1.807, 2.05) is 6.92 Å². The second kappa shape index (κ2) is 4.70. The van der Waals surface area contributed by atoms with Crippen molar-refractivity contribution < 1.29 is 19.8 Å². The van der Waals surface area contributed by atoms with Crippen molar-refractivity contribution in [1.29, 1.82) is 0 Å². The third-order valence-corrected chi connectivity index (χ3v) is 6.04. The summed E-state index contributed by atoms with van der Waals surface area (Å²) in [6.45, 7) is 3.55. The number of β-lactam (4-membered cyclic amide) rings is 1. The number of amides is 1. The second-order valence-electron chi connectivity index (χ2n) is 4.15. The molecule has 5 nitrogen and oxygen atoms in total. The summed E-state index contributed by atoms with van der Waals surface area (Å²) in [5.41, 5.74) is 0. The third-order valence-electron chi connectivity index (χ3n) is 3.06. The summed E-state index contributed by atoms with van der Waals surface area (Å²) < 4.78 is -0.129. The standard InChI is InChI=1S/C10H15NO4S2/c1-3-16-10-6(9(14)15)11-7(13)5(4(2)12)8(11)17-10/h4-6,8,10,12H,3H2,1-2H3,(H,14,15)/t4?,5-,6?,8+,10?/m0/s1. The first kappa shape index (κ1) is 13.0. The van der Waals surface area contributed by atoms with E-state index in [1.54, 1.807) is 18.7 Å². The monoisotopic (exact) mass is 277 g/mol. The predicted octanol–water partition coefficient (Wildman–Crippen LogP) is 0.431. The Kier molecular flexibility index (Phi) is 3.61. The largest absolute Gasteiger partial charge is 0.480 e. The van der Waals surface area contributed by atoms with Gasteiger partial charge < -0.3 is 15.1 Å². The number of aliphatic carboxylic acids is 1. The number of carboxylic acid groups (broad SMARTS) is 1. The molecule has 1 amide bonds. The minimum Gasteiger partial charge on any atom is -0.480 e. The van der Waals surface area contributed by atoms with Crippen molar-refractivity contribution in [2.45, 2.75) is 35.9 Å². The van der Waals surface area contributed by atoms with E-state index in [-0.39, 0.29) is 15.9 Å². The van der Waals surface area contributed by atoms with Crippen LogP contribution in [-0.4, -0.2) is 54.8 Å². The zero-order valence-corrected chi connectivity index (χ0v) is 11.2. The van der Waals surface area contributed by atoms with Gasteiger partial charge in [0.1, 0.15) is 0 Å². The first-order valence-corrected chi connectivity index (χ1v) is 7.48. The van der Waals surface area contributed by atoms with Gasteiger partial charge in [0.05, 0.1) is 22.0 Å². The summed E-state index contributed by atoms with van der Waals surface area (Å²) >= 11 is 3.03. The molecule has 96 valence electrons. The maximum Gasteiger partial charge on any atom is 0.328 e. The van der Waals surface area contributed by atoms with Gasteiger partial charge in [0, 0.05) is 0 Å². The fourth-order valence-electron chi connectivity index (χ4n) is 2.27. The number of rotatable bonds is 4. The van der Waals surface area contributed by atoms with E-state index in [4.69, 9.17) is 0 Å². The van der Waals surface area contributed by atoms with E-state index in [0.717, 1.165) is 5.75 Å². The molecule has 0 aromatic carbocycles. The van der Waals surface area contributed by atoms with Crippen LogP contribution in [0, 0.1) is 5.92 Å². The predicted molar refractivity (Wildman–Crippen MR) is 66.7 cm³/mol. The molecule has 2 fully saturated rings. The van der Waals surface area contributed by atoms with Crippen LogP contribution in [0.1, 0.15) is 13.8 Å². The Balaban J connectivity index is 2.18. The second-order valence-corrected chi connectivity index (χ2v) is 7.13. The zero-order chi connectivity index (χ0) is 12.7. The Morgan fingerprint density at radius 1 is 1.65 bits per heavy atom. The van der Waals surface area contributed by atoms with Crippen LogP contribution in [0.25, 0.3) is 0 Å². The van der Waals surface area contributed by atoms with Crippen LogP contribution in [-0.2, 0) is 9.59 Å². The van der Waals surface area contributed by atoms with E-state index >= 15 is 0 Å². The van der Waals surface area contributed by atoms with Gasteiger partial charge in [-0.3, -0.25) is 4.79 Å². The number of hydrogen-bond acceptors (Lipinski definition) is 5. The number of aliphatic hydroxyl groups excluding tert-OH is 1. The first-order valence-electron chi connectivity index (χ1n) is 5.49. The Bertz CT molecular complexity index is 349. The first-order chi connectivity index (χ1) is 7.99. The van der Waals surface area contributed by atoms with E-state index in [1.165, 1.54) is 16.7 Å². The Hall–Kier alpha value is -0.400. The van der Waals surface area contributed by atoms with Crippen molar-refractivity contribution in [3.05, 3.63) is 0 Å². The summed E-state index contributed by atoms with van der Waals surface area (Å²) in [6, 6.07) is -0.752. The third kappa shape index (κ3) is 1.94. The molecule has 2 saturated heterocycles. The lowest BCUT2D eigenvalue weighted by atomic mass is 9.91. The molecule has 17 heavy (non-hydrogen) atoms. The molecule has 2 aliphatic rings. The van der Waals surface area contributed by atoms with Crippen LogP contribution < -0.4 is 0 Å². The van der Waals surface area contributed by atoms with E-state index in [0.29, 0.717) is 0 Å². The quantitative estimate of drug-likeness (QED) is 0.726. The summed E-state index contributed by atoms with van der Waals surface area (Å²) in [5.74, 6) is -0.813. The van der Waals surface area contributed by atoms with Crippen molar-refractivity contribution in [1.82, 2.24) is 4.90 Å². The number of aliphatic hydroxyl groups is 1. The molecule has 3 unspecified atom stereocenters. The summed E-state index contributed by atoms with van der Waals surface area (Å²) in [5, 5.41) is 18.5. The number of hydrogen-bond donors (Lipinski definition) is 2. The van der Waals surface area contributed by atoms with Gasteiger partial charge in [0.2, 0.25) is 5.91 Å². The minimum absolute atomic E-state index is 0.129. The van der Waals surface area contributed by atoms with E-state index in [2.05, 4.69) is 0 Å². The molecule has 2 aliphatic heterocycles. The minimum atomic E-state index is -0.955. The molecule has 2 rings (SSSR count). The topological polar surface area (TPSA) is 77.8 Å². The van der Waals surface area contributed by atoms with Gasteiger partial charge in [-0.15, -0.1) is 23.5 Å². The summed E-state index contributed by atoms with van der Waals surface area (Å²) in [7, 11) is 0. The van der Waals surface area contributed by atoms with Gasteiger partial charge >= 0.3 is 5.97 Å². The van der Waals surface area contributed by atoms with Crippen LogP contribution >= 0.6 is 23.5 Å². The maximum atomic E-state index is 11.8. The molecular weight excluding hydrogens is 262 g/mol. The van der Waals surface area contributed by atoms with Gasteiger partial charge in [0.15, 0.2) is 6.04 Å². The lowest BCUT2D eigenvalue weighted by Gasteiger charge is -2.44. The van der Waals surface area contributed by atoms with Crippen molar-refractivity contribution >= 4 is 35.4 Å². The molecule has 0 spiro atoms. The van der Waals surface area contributed by atoms with Gasteiger partial charge in [-0.05, 0) is 12.7 Å². The highest BCUT2D eigenvalue weighted by Crippen LogP contribution is 2.51. The molecule has 7 heteroatoms. The number of carbonyl (C=O) groups is 2. The highest BCUT2D eigenvalue weighted by atomic mass is 32.2. The van der Waals surface area contributed by atoms with E-state index in [9.17, 15) is 19.8 Å². The maximum absolute atomic E-state index is 11.8. The van der Waals surface area contributed by atoms with Gasteiger partial charge in [-0.2, -0.15) is 0 Å². The number of carboxylic acids is 1. The summed E-state index contributed by atoms with van der Waals surface area (Å²) in [4.78, 5) is 24.5. The number of fused-ring (bicyclic) bond motifs is 1. The lowest BCUT2D eigenvalue weighted by molar-refractivity contribution is -0.166. The Morgan fingerprint density at radius 2 is 2.29 bits per heavy atom. The number of thioether (sulfide) groups is 2. The molecule has 0 radical (unpaired) electrons. The number of carbonyl (C=O) groups excluding carboxylic acids is 1. The van der Waals surface area contributed by atoms with Crippen LogP contribution in [0.5, 0.6) is 0 Å². The van der Waals surface area contributed by atoms with Crippen LogP contribution in [0.4, 0.5) is 0 Å².